The van der Waals surface area contributed by atoms with Gasteiger partial charge in [-0.1, -0.05) is 6.08 Å². The van der Waals surface area contributed by atoms with Crippen LogP contribution in [0.1, 0.15) is 27.2 Å². The molecule has 1 N–H and O–H groups in total. The standard InChI is InChI=1S/C10H18ClNO/c1-5-6-8(2)12-9(13)10(3,4)7-11/h5,8H,1,6-7H2,2-4H3,(H,12,13). The van der Waals surface area contributed by atoms with Gasteiger partial charge in [0.05, 0.1) is 5.41 Å². The molecule has 0 radical (unpaired) electrons. The van der Waals surface area contributed by atoms with Crippen LogP contribution in [0.3, 0.4) is 0 Å². The van der Waals surface area contributed by atoms with Crippen LogP contribution in [0.4, 0.5) is 0 Å². The molecule has 0 rings (SSSR count). The van der Waals surface area contributed by atoms with Crippen molar-refractivity contribution in [1.29, 1.82) is 0 Å². The fourth-order valence-electron chi connectivity index (χ4n) is 0.789. The van der Waals surface area contributed by atoms with Crippen LogP contribution in [-0.4, -0.2) is 17.8 Å². The Balaban J connectivity index is 4.06. The van der Waals surface area contributed by atoms with Crippen LogP contribution in [0, 0.1) is 5.41 Å². The lowest BCUT2D eigenvalue weighted by molar-refractivity contribution is -0.128. The number of carbonyl (C=O) groups excluding carboxylic acids is 1. The number of rotatable bonds is 5. The Morgan fingerprint density at radius 2 is 2.23 bits per heavy atom. The summed E-state index contributed by atoms with van der Waals surface area (Å²) in [6, 6.07) is 0.132. The number of carbonyl (C=O) groups is 1. The van der Waals surface area contributed by atoms with E-state index in [1.165, 1.54) is 0 Å². The van der Waals surface area contributed by atoms with Crippen LogP contribution in [-0.2, 0) is 4.79 Å². The lowest BCUT2D eigenvalue weighted by Crippen LogP contribution is -2.42. The molecule has 2 nitrogen and oxygen atoms in total. The highest BCUT2D eigenvalue weighted by atomic mass is 35.5. The Labute approximate surface area is 85.3 Å². The number of halogens is 1. The summed E-state index contributed by atoms with van der Waals surface area (Å²) in [6.07, 6.45) is 2.57. The van der Waals surface area contributed by atoms with Gasteiger partial charge in [0.15, 0.2) is 0 Å². The molecular formula is C10H18ClNO. The van der Waals surface area contributed by atoms with E-state index in [0.29, 0.717) is 5.88 Å². The van der Waals surface area contributed by atoms with Gasteiger partial charge in [0, 0.05) is 11.9 Å². The minimum atomic E-state index is -0.489. The van der Waals surface area contributed by atoms with Crippen LogP contribution >= 0.6 is 11.6 Å². The quantitative estimate of drug-likeness (QED) is 0.540. The summed E-state index contributed by atoms with van der Waals surface area (Å²) < 4.78 is 0. The first-order valence-corrected chi connectivity index (χ1v) is 4.95. The molecule has 3 heteroatoms. The van der Waals surface area contributed by atoms with E-state index in [4.69, 9.17) is 11.6 Å². The smallest absolute Gasteiger partial charge is 0.227 e. The van der Waals surface area contributed by atoms with Crippen molar-refractivity contribution in [2.24, 2.45) is 5.41 Å². The minimum Gasteiger partial charge on any atom is -0.353 e. The summed E-state index contributed by atoms with van der Waals surface area (Å²) in [5, 5.41) is 2.88. The molecule has 0 spiro atoms. The van der Waals surface area contributed by atoms with Crippen molar-refractivity contribution in [3.8, 4) is 0 Å². The van der Waals surface area contributed by atoms with E-state index in [1.54, 1.807) is 6.08 Å². The molecule has 0 aromatic heterocycles. The maximum absolute atomic E-state index is 11.6. The molecule has 0 saturated heterocycles. The van der Waals surface area contributed by atoms with E-state index in [2.05, 4.69) is 11.9 Å². The van der Waals surface area contributed by atoms with E-state index in [9.17, 15) is 4.79 Å². The topological polar surface area (TPSA) is 29.1 Å². The first-order valence-electron chi connectivity index (χ1n) is 4.42. The third kappa shape index (κ3) is 4.32. The highest BCUT2D eigenvalue weighted by Gasteiger charge is 2.26. The molecule has 13 heavy (non-hydrogen) atoms. The number of alkyl halides is 1. The summed E-state index contributed by atoms with van der Waals surface area (Å²) in [5.74, 6) is 0.330. The van der Waals surface area contributed by atoms with E-state index < -0.39 is 5.41 Å². The molecule has 0 aliphatic carbocycles. The minimum absolute atomic E-state index is 0.00292. The van der Waals surface area contributed by atoms with Gasteiger partial charge in [-0.15, -0.1) is 18.2 Å². The van der Waals surface area contributed by atoms with Crippen molar-refractivity contribution >= 4 is 17.5 Å². The van der Waals surface area contributed by atoms with Gasteiger partial charge < -0.3 is 5.32 Å². The number of nitrogens with one attached hydrogen (secondary N) is 1. The molecular weight excluding hydrogens is 186 g/mol. The van der Waals surface area contributed by atoms with Crippen LogP contribution in [0.5, 0.6) is 0 Å². The number of hydrogen-bond acceptors (Lipinski definition) is 1. The zero-order chi connectivity index (χ0) is 10.5. The summed E-state index contributed by atoms with van der Waals surface area (Å²) in [7, 11) is 0. The van der Waals surface area contributed by atoms with Gasteiger partial charge in [-0.25, -0.2) is 0 Å². The Bertz CT molecular complexity index is 189. The highest BCUT2D eigenvalue weighted by Crippen LogP contribution is 2.17. The third-order valence-electron chi connectivity index (χ3n) is 1.85. The van der Waals surface area contributed by atoms with Crippen molar-refractivity contribution in [3.05, 3.63) is 12.7 Å². The van der Waals surface area contributed by atoms with E-state index in [0.717, 1.165) is 6.42 Å². The molecule has 76 valence electrons. The molecule has 0 bridgehead atoms. The Morgan fingerprint density at radius 1 is 1.69 bits per heavy atom. The zero-order valence-corrected chi connectivity index (χ0v) is 9.32. The average Bonchev–Trinajstić information content (AvgIpc) is 2.04. The highest BCUT2D eigenvalue weighted by molar-refractivity contribution is 6.19. The van der Waals surface area contributed by atoms with Crippen molar-refractivity contribution in [2.75, 3.05) is 5.88 Å². The van der Waals surface area contributed by atoms with E-state index in [-0.39, 0.29) is 11.9 Å². The lowest BCUT2D eigenvalue weighted by atomic mass is 9.95. The average molecular weight is 204 g/mol. The number of hydrogen-bond donors (Lipinski definition) is 1. The van der Waals surface area contributed by atoms with Crippen molar-refractivity contribution in [1.82, 2.24) is 5.32 Å². The summed E-state index contributed by atoms with van der Waals surface area (Å²) in [5.41, 5.74) is -0.489. The van der Waals surface area contributed by atoms with Gasteiger partial charge in [-0.05, 0) is 27.2 Å². The van der Waals surface area contributed by atoms with Crippen LogP contribution in [0.15, 0.2) is 12.7 Å². The molecule has 0 aliphatic heterocycles. The molecule has 0 heterocycles. The molecule has 0 aromatic rings. The second-order valence-electron chi connectivity index (χ2n) is 3.92. The molecule has 0 fully saturated rings. The molecule has 1 atom stereocenters. The third-order valence-corrected chi connectivity index (χ3v) is 2.51. The largest absolute Gasteiger partial charge is 0.353 e. The van der Waals surface area contributed by atoms with Crippen LogP contribution in [0.2, 0.25) is 0 Å². The van der Waals surface area contributed by atoms with E-state index >= 15 is 0 Å². The molecule has 0 aromatic carbocycles. The lowest BCUT2D eigenvalue weighted by Gasteiger charge is -2.23. The summed E-state index contributed by atoms with van der Waals surface area (Å²) >= 11 is 5.67. The van der Waals surface area contributed by atoms with Gasteiger partial charge in [-0.3, -0.25) is 4.79 Å². The number of amides is 1. The predicted molar refractivity (Wildman–Crippen MR) is 56.9 cm³/mol. The zero-order valence-electron chi connectivity index (χ0n) is 8.56. The normalized spacial score (nSPS) is 13.5. The second kappa shape index (κ2) is 5.28. The summed E-state index contributed by atoms with van der Waals surface area (Å²) in [4.78, 5) is 11.6. The maximum Gasteiger partial charge on any atom is 0.227 e. The maximum atomic E-state index is 11.6. The SMILES string of the molecule is C=CCC(C)NC(=O)C(C)(C)CCl. The molecule has 0 aliphatic rings. The van der Waals surface area contributed by atoms with Gasteiger partial charge in [-0.2, -0.15) is 0 Å². The first-order chi connectivity index (χ1) is 5.94. The first kappa shape index (κ1) is 12.5. The molecule has 0 saturated carbocycles. The second-order valence-corrected chi connectivity index (χ2v) is 4.18. The van der Waals surface area contributed by atoms with Gasteiger partial charge >= 0.3 is 0 Å². The fourth-order valence-corrected chi connectivity index (χ4v) is 0.910. The van der Waals surface area contributed by atoms with Crippen molar-refractivity contribution in [2.45, 2.75) is 33.2 Å². The van der Waals surface area contributed by atoms with Crippen LogP contribution in [0.25, 0.3) is 0 Å². The van der Waals surface area contributed by atoms with Gasteiger partial charge in [0.25, 0.3) is 0 Å². The predicted octanol–water partition coefficient (Wildman–Crippen LogP) is 2.33. The van der Waals surface area contributed by atoms with Crippen molar-refractivity contribution < 1.29 is 4.79 Å². The Morgan fingerprint density at radius 3 is 2.62 bits per heavy atom. The fraction of sp³-hybridized carbons (Fsp3) is 0.700. The van der Waals surface area contributed by atoms with Gasteiger partial charge in [0.1, 0.15) is 0 Å². The Hall–Kier alpha value is -0.500. The summed E-state index contributed by atoms with van der Waals surface area (Å²) in [6.45, 7) is 9.22. The monoisotopic (exact) mass is 203 g/mol. The molecule has 1 amide bonds. The molecule has 1 unspecified atom stereocenters. The van der Waals surface area contributed by atoms with Crippen LogP contribution < -0.4 is 5.32 Å². The van der Waals surface area contributed by atoms with E-state index in [1.807, 2.05) is 20.8 Å². The van der Waals surface area contributed by atoms with Gasteiger partial charge in [0.2, 0.25) is 5.91 Å². The Kier molecular flexibility index (Phi) is 5.07. The van der Waals surface area contributed by atoms with Crippen molar-refractivity contribution in [3.63, 3.8) is 0 Å².